The Hall–Kier alpha value is -1.35. The Balaban J connectivity index is 3.14. The Morgan fingerprint density at radius 2 is 1.94 bits per heavy atom. The van der Waals surface area contributed by atoms with Gasteiger partial charge in [0.15, 0.2) is 5.78 Å². The number of nitrogens with one attached hydrogen (secondary N) is 1. The number of methoxy groups -OCH3 is 1. The molecule has 1 N–H and O–H groups in total. The monoisotopic (exact) mass is 235 g/mol. The molecule has 17 heavy (non-hydrogen) atoms. The van der Waals surface area contributed by atoms with Gasteiger partial charge in [-0.05, 0) is 50.1 Å². The molecule has 0 aliphatic carbocycles. The van der Waals surface area contributed by atoms with Crippen LogP contribution in [0.3, 0.4) is 0 Å². The molecular formula is C14H21NO2. The SMILES string of the molecule is CCNCC(=O)c1cc(C)c(OC)c(C)c1C. The smallest absolute Gasteiger partial charge is 0.176 e. The summed E-state index contributed by atoms with van der Waals surface area (Å²) in [4.78, 5) is 12.0. The number of carbonyl (C=O) groups is 1. The molecule has 3 heteroatoms. The largest absolute Gasteiger partial charge is 0.496 e. The van der Waals surface area contributed by atoms with E-state index in [9.17, 15) is 4.79 Å². The lowest BCUT2D eigenvalue weighted by molar-refractivity contribution is 0.0991. The molecule has 94 valence electrons. The van der Waals surface area contributed by atoms with Crippen molar-refractivity contribution >= 4 is 5.78 Å². The maximum Gasteiger partial charge on any atom is 0.176 e. The number of likely N-dealkylation sites (N-methyl/N-ethyl adjacent to an activating group) is 1. The second-order valence-electron chi connectivity index (χ2n) is 4.23. The van der Waals surface area contributed by atoms with Gasteiger partial charge < -0.3 is 10.1 Å². The van der Waals surface area contributed by atoms with Crippen molar-refractivity contribution in [3.8, 4) is 5.75 Å². The maximum absolute atomic E-state index is 12.0. The summed E-state index contributed by atoms with van der Waals surface area (Å²) in [5, 5.41) is 3.06. The van der Waals surface area contributed by atoms with E-state index < -0.39 is 0 Å². The molecule has 0 aliphatic heterocycles. The fourth-order valence-corrected chi connectivity index (χ4v) is 2.00. The molecule has 1 rings (SSSR count). The highest BCUT2D eigenvalue weighted by atomic mass is 16.5. The van der Waals surface area contributed by atoms with Crippen LogP contribution in [-0.2, 0) is 0 Å². The van der Waals surface area contributed by atoms with Gasteiger partial charge in [0.1, 0.15) is 5.75 Å². The van der Waals surface area contributed by atoms with Gasteiger partial charge in [-0.15, -0.1) is 0 Å². The number of aryl methyl sites for hydroxylation is 1. The van der Waals surface area contributed by atoms with E-state index in [1.807, 2.05) is 33.8 Å². The highest BCUT2D eigenvalue weighted by Crippen LogP contribution is 2.28. The van der Waals surface area contributed by atoms with E-state index in [0.29, 0.717) is 6.54 Å². The van der Waals surface area contributed by atoms with Crippen molar-refractivity contribution in [1.29, 1.82) is 0 Å². The normalized spacial score (nSPS) is 10.4. The molecule has 1 aromatic carbocycles. The minimum atomic E-state index is 0.137. The number of carbonyl (C=O) groups excluding carboxylic acids is 1. The summed E-state index contributed by atoms with van der Waals surface area (Å²) in [6, 6.07) is 1.92. The first-order chi connectivity index (χ1) is 8.02. The highest BCUT2D eigenvalue weighted by Gasteiger charge is 2.15. The Labute approximate surface area is 103 Å². The third-order valence-corrected chi connectivity index (χ3v) is 3.07. The predicted octanol–water partition coefficient (Wildman–Crippen LogP) is 2.41. The van der Waals surface area contributed by atoms with Gasteiger partial charge >= 0.3 is 0 Å². The lowest BCUT2D eigenvalue weighted by Gasteiger charge is -2.15. The van der Waals surface area contributed by atoms with E-state index in [1.165, 1.54) is 0 Å². The average molecular weight is 235 g/mol. The second-order valence-corrected chi connectivity index (χ2v) is 4.23. The van der Waals surface area contributed by atoms with Gasteiger partial charge in [0.05, 0.1) is 13.7 Å². The minimum absolute atomic E-state index is 0.137. The third kappa shape index (κ3) is 2.86. The van der Waals surface area contributed by atoms with Crippen LogP contribution in [0.25, 0.3) is 0 Å². The summed E-state index contributed by atoms with van der Waals surface area (Å²) >= 11 is 0. The van der Waals surface area contributed by atoms with Gasteiger partial charge in [-0.25, -0.2) is 0 Å². The van der Waals surface area contributed by atoms with E-state index in [-0.39, 0.29) is 5.78 Å². The second kappa shape index (κ2) is 5.82. The van der Waals surface area contributed by atoms with Crippen LogP contribution in [0.5, 0.6) is 5.75 Å². The van der Waals surface area contributed by atoms with Crippen LogP contribution < -0.4 is 10.1 Å². The fraction of sp³-hybridized carbons (Fsp3) is 0.500. The van der Waals surface area contributed by atoms with Crippen molar-refractivity contribution < 1.29 is 9.53 Å². The molecule has 0 aliphatic rings. The molecule has 0 aromatic heterocycles. The molecule has 0 spiro atoms. The molecule has 0 radical (unpaired) electrons. The van der Waals surface area contributed by atoms with Crippen LogP contribution in [-0.4, -0.2) is 26.0 Å². The van der Waals surface area contributed by atoms with E-state index in [4.69, 9.17) is 4.74 Å². The first-order valence-electron chi connectivity index (χ1n) is 5.91. The van der Waals surface area contributed by atoms with Crippen LogP contribution in [0.1, 0.15) is 34.0 Å². The molecule has 0 bridgehead atoms. The van der Waals surface area contributed by atoms with Crippen molar-refractivity contribution in [3.05, 3.63) is 28.3 Å². The molecule has 0 atom stereocenters. The van der Waals surface area contributed by atoms with Gasteiger partial charge in [-0.2, -0.15) is 0 Å². The summed E-state index contributed by atoms with van der Waals surface area (Å²) < 4.78 is 5.35. The van der Waals surface area contributed by atoms with Gasteiger partial charge in [0, 0.05) is 5.56 Å². The summed E-state index contributed by atoms with van der Waals surface area (Å²) in [7, 11) is 1.66. The molecule has 0 fully saturated rings. The van der Waals surface area contributed by atoms with Gasteiger partial charge in [0.2, 0.25) is 0 Å². The molecular weight excluding hydrogens is 214 g/mol. The maximum atomic E-state index is 12.0. The molecule has 0 saturated carbocycles. The molecule has 3 nitrogen and oxygen atoms in total. The first kappa shape index (κ1) is 13.7. The van der Waals surface area contributed by atoms with Gasteiger partial charge in [0.25, 0.3) is 0 Å². The molecule has 0 unspecified atom stereocenters. The number of benzene rings is 1. The summed E-state index contributed by atoms with van der Waals surface area (Å²) in [5.41, 5.74) is 3.86. The van der Waals surface area contributed by atoms with Crippen molar-refractivity contribution in [2.24, 2.45) is 0 Å². The van der Waals surface area contributed by atoms with Crippen molar-refractivity contribution in [3.63, 3.8) is 0 Å². The quantitative estimate of drug-likeness (QED) is 0.796. The number of Topliss-reactive ketones (excluding diaryl/α,β-unsaturated/α-hetero) is 1. The van der Waals surface area contributed by atoms with Crippen LogP contribution in [0.2, 0.25) is 0 Å². The zero-order valence-corrected chi connectivity index (χ0v) is 11.3. The number of hydrogen-bond acceptors (Lipinski definition) is 3. The molecule has 0 saturated heterocycles. The van der Waals surface area contributed by atoms with E-state index in [0.717, 1.165) is 34.5 Å². The van der Waals surface area contributed by atoms with Gasteiger partial charge in [-0.1, -0.05) is 6.92 Å². The number of hydrogen-bond donors (Lipinski definition) is 1. The topological polar surface area (TPSA) is 38.3 Å². The summed E-state index contributed by atoms with van der Waals surface area (Å²) in [6.07, 6.45) is 0. The number of ether oxygens (including phenoxy) is 1. The Morgan fingerprint density at radius 1 is 1.29 bits per heavy atom. The van der Waals surface area contributed by atoms with E-state index in [2.05, 4.69) is 5.32 Å². The Morgan fingerprint density at radius 3 is 2.47 bits per heavy atom. The molecule has 0 amide bonds. The lowest BCUT2D eigenvalue weighted by Crippen LogP contribution is -2.23. The van der Waals surface area contributed by atoms with Crippen LogP contribution in [0.4, 0.5) is 0 Å². The standard InChI is InChI=1S/C14H21NO2/c1-6-15-8-13(16)12-7-9(2)14(17-5)11(4)10(12)3/h7,15H,6,8H2,1-5H3. The van der Waals surface area contributed by atoms with E-state index >= 15 is 0 Å². The molecule has 1 aromatic rings. The van der Waals surface area contributed by atoms with Crippen molar-refractivity contribution in [2.75, 3.05) is 20.2 Å². The molecule has 0 heterocycles. The van der Waals surface area contributed by atoms with Crippen LogP contribution in [0.15, 0.2) is 6.07 Å². The van der Waals surface area contributed by atoms with Crippen LogP contribution in [0, 0.1) is 20.8 Å². The average Bonchev–Trinajstić information content (AvgIpc) is 2.31. The summed E-state index contributed by atoms with van der Waals surface area (Å²) in [5.74, 6) is 1.01. The number of ketones is 1. The fourth-order valence-electron chi connectivity index (χ4n) is 2.00. The highest BCUT2D eigenvalue weighted by molar-refractivity contribution is 5.99. The van der Waals surface area contributed by atoms with Gasteiger partial charge in [-0.3, -0.25) is 4.79 Å². The van der Waals surface area contributed by atoms with E-state index in [1.54, 1.807) is 7.11 Å². The minimum Gasteiger partial charge on any atom is -0.496 e. The first-order valence-corrected chi connectivity index (χ1v) is 5.91. The van der Waals surface area contributed by atoms with Crippen LogP contribution >= 0.6 is 0 Å². The summed E-state index contributed by atoms with van der Waals surface area (Å²) in [6.45, 7) is 9.11. The Bertz CT molecular complexity index is 425. The van der Waals surface area contributed by atoms with Crippen molar-refractivity contribution in [1.82, 2.24) is 5.32 Å². The lowest BCUT2D eigenvalue weighted by atomic mass is 9.96. The number of rotatable bonds is 5. The van der Waals surface area contributed by atoms with Crippen molar-refractivity contribution in [2.45, 2.75) is 27.7 Å². The predicted molar refractivity (Wildman–Crippen MR) is 70.1 cm³/mol. The zero-order valence-electron chi connectivity index (χ0n) is 11.3. The zero-order chi connectivity index (χ0) is 13.0. The Kier molecular flexibility index (Phi) is 4.70. The third-order valence-electron chi connectivity index (χ3n) is 3.07.